The summed E-state index contributed by atoms with van der Waals surface area (Å²) in [4.78, 5) is 4.50. The summed E-state index contributed by atoms with van der Waals surface area (Å²) in [6.45, 7) is 3.77. The number of rotatable bonds is 2. The maximum Gasteiger partial charge on any atom is 0.132 e. The molecule has 21 heavy (non-hydrogen) atoms. The molecule has 0 radical (unpaired) electrons. The van der Waals surface area contributed by atoms with Gasteiger partial charge < -0.3 is 0 Å². The Hall–Kier alpha value is -1.58. The van der Waals surface area contributed by atoms with Gasteiger partial charge in [0.25, 0.3) is 0 Å². The molecule has 5 heteroatoms. The number of fused-ring (bicyclic) bond motifs is 1. The van der Waals surface area contributed by atoms with E-state index >= 15 is 0 Å². The number of hydrogen-bond acceptors (Lipinski definition) is 1. The number of nitrogens with zero attached hydrogens (tertiary/aromatic N) is 2. The molecule has 1 atom stereocenters. The van der Waals surface area contributed by atoms with Crippen molar-refractivity contribution in [2.45, 2.75) is 19.2 Å². The second-order valence-corrected chi connectivity index (χ2v) is 6.05. The first-order chi connectivity index (χ1) is 9.97. The number of hydrogen-bond donors (Lipinski definition) is 0. The van der Waals surface area contributed by atoms with Gasteiger partial charge in [-0.1, -0.05) is 17.7 Å². The lowest BCUT2D eigenvalue weighted by molar-refractivity contribution is 0.629. The quantitative estimate of drug-likeness (QED) is 0.575. The van der Waals surface area contributed by atoms with Crippen molar-refractivity contribution in [2.75, 3.05) is 0 Å². The zero-order valence-electron chi connectivity index (χ0n) is 11.6. The van der Waals surface area contributed by atoms with Crippen molar-refractivity contribution in [3.63, 3.8) is 0 Å². The Morgan fingerprint density at radius 2 is 1.95 bits per heavy atom. The molecule has 0 aliphatic carbocycles. The van der Waals surface area contributed by atoms with E-state index in [1.54, 1.807) is 6.07 Å². The minimum absolute atomic E-state index is 0.305. The molecule has 1 aromatic heterocycles. The highest BCUT2D eigenvalue weighted by atomic mass is 35.5. The Bertz CT molecular complexity index is 825. The number of alkyl halides is 1. The molecule has 2 aromatic carbocycles. The Balaban J connectivity index is 2.35. The molecule has 0 aliphatic heterocycles. The van der Waals surface area contributed by atoms with Crippen molar-refractivity contribution >= 4 is 34.2 Å². The van der Waals surface area contributed by atoms with E-state index < -0.39 is 0 Å². The summed E-state index contributed by atoms with van der Waals surface area (Å²) in [6.07, 6.45) is 0. The van der Waals surface area contributed by atoms with Crippen LogP contribution in [0.25, 0.3) is 16.7 Å². The van der Waals surface area contributed by atoms with E-state index in [-0.39, 0.29) is 11.2 Å². The maximum atomic E-state index is 13.6. The number of imidazole rings is 1. The molecule has 0 amide bonds. The molecule has 0 bridgehead atoms. The van der Waals surface area contributed by atoms with Crippen LogP contribution in [0.1, 0.15) is 23.7 Å². The van der Waals surface area contributed by atoms with E-state index in [2.05, 4.69) is 4.98 Å². The monoisotopic (exact) mass is 322 g/mol. The normalized spacial score (nSPS) is 12.8. The van der Waals surface area contributed by atoms with Crippen molar-refractivity contribution in [1.82, 2.24) is 9.55 Å². The first-order valence-electron chi connectivity index (χ1n) is 6.56. The molecule has 0 N–H and O–H groups in total. The van der Waals surface area contributed by atoms with Crippen LogP contribution in [-0.4, -0.2) is 9.55 Å². The van der Waals surface area contributed by atoms with Crippen LogP contribution in [0.2, 0.25) is 5.02 Å². The highest BCUT2D eigenvalue weighted by Crippen LogP contribution is 2.30. The summed E-state index contributed by atoms with van der Waals surface area (Å²) in [5.41, 5.74) is 3.19. The lowest BCUT2D eigenvalue weighted by Crippen LogP contribution is -2.02. The van der Waals surface area contributed by atoms with E-state index in [9.17, 15) is 4.39 Å². The third-order valence-electron chi connectivity index (χ3n) is 3.41. The van der Waals surface area contributed by atoms with Crippen molar-refractivity contribution in [2.24, 2.45) is 0 Å². The average molecular weight is 323 g/mol. The van der Waals surface area contributed by atoms with Gasteiger partial charge in [0.05, 0.1) is 16.4 Å². The standard InChI is InChI=1S/C16H13Cl2FN2/c1-9-3-5-12(8-13(9)18)21-15-7-11(19)4-6-14(15)20-16(21)10(2)17/h3-8,10H,1-2H3. The van der Waals surface area contributed by atoms with Crippen molar-refractivity contribution in [3.05, 3.63) is 58.6 Å². The van der Waals surface area contributed by atoms with Crippen LogP contribution in [0.4, 0.5) is 4.39 Å². The maximum absolute atomic E-state index is 13.6. The molecule has 108 valence electrons. The fourth-order valence-electron chi connectivity index (χ4n) is 2.33. The van der Waals surface area contributed by atoms with E-state index in [1.807, 2.05) is 36.6 Å². The molecule has 1 unspecified atom stereocenters. The summed E-state index contributed by atoms with van der Waals surface area (Å²) in [5.74, 6) is 0.354. The molecule has 0 fully saturated rings. The predicted octanol–water partition coefficient (Wildman–Crippen LogP) is 5.43. The van der Waals surface area contributed by atoms with Gasteiger partial charge in [-0.25, -0.2) is 9.37 Å². The van der Waals surface area contributed by atoms with Gasteiger partial charge in [0.1, 0.15) is 11.6 Å². The van der Waals surface area contributed by atoms with E-state index in [0.717, 1.165) is 11.3 Å². The molecule has 0 aliphatic rings. The summed E-state index contributed by atoms with van der Waals surface area (Å²) in [6, 6.07) is 10.2. The highest BCUT2D eigenvalue weighted by molar-refractivity contribution is 6.31. The topological polar surface area (TPSA) is 17.8 Å². The van der Waals surface area contributed by atoms with Crippen LogP contribution in [0, 0.1) is 12.7 Å². The number of halogens is 3. The van der Waals surface area contributed by atoms with Gasteiger partial charge in [-0.05, 0) is 43.7 Å². The Labute approximate surface area is 132 Å². The fraction of sp³-hybridized carbons (Fsp3) is 0.188. The van der Waals surface area contributed by atoms with Crippen LogP contribution < -0.4 is 0 Å². The van der Waals surface area contributed by atoms with E-state index in [4.69, 9.17) is 23.2 Å². The second-order valence-electron chi connectivity index (χ2n) is 4.99. The van der Waals surface area contributed by atoms with Gasteiger partial charge in [-0.2, -0.15) is 0 Å². The average Bonchev–Trinajstić information content (AvgIpc) is 2.80. The smallest absolute Gasteiger partial charge is 0.132 e. The number of aromatic nitrogens is 2. The minimum atomic E-state index is -0.310. The Kier molecular flexibility index (Phi) is 3.64. The molecule has 3 rings (SSSR count). The molecule has 3 aromatic rings. The van der Waals surface area contributed by atoms with Crippen LogP contribution in [-0.2, 0) is 0 Å². The summed E-state index contributed by atoms with van der Waals surface area (Å²) < 4.78 is 15.4. The predicted molar refractivity (Wildman–Crippen MR) is 85.0 cm³/mol. The van der Waals surface area contributed by atoms with Gasteiger partial charge in [-0.15, -0.1) is 11.6 Å². The molecule has 0 saturated carbocycles. The van der Waals surface area contributed by atoms with Crippen LogP contribution in [0.15, 0.2) is 36.4 Å². The second kappa shape index (κ2) is 5.32. The molecular weight excluding hydrogens is 310 g/mol. The fourth-order valence-corrected chi connectivity index (χ4v) is 2.65. The van der Waals surface area contributed by atoms with Gasteiger partial charge in [-0.3, -0.25) is 4.57 Å². The summed E-state index contributed by atoms with van der Waals surface area (Å²) >= 11 is 12.4. The van der Waals surface area contributed by atoms with E-state index in [0.29, 0.717) is 21.9 Å². The SMILES string of the molecule is Cc1ccc(-n2c(C(C)Cl)nc3ccc(F)cc32)cc1Cl. The first kappa shape index (κ1) is 14.4. The van der Waals surface area contributed by atoms with E-state index in [1.165, 1.54) is 12.1 Å². The highest BCUT2D eigenvalue weighted by Gasteiger charge is 2.17. The molecule has 0 spiro atoms. The lowest BCUT2D eigenvalue weighted by atomic mass is 10.2. The first-order valence-corrected chi connectivity index (χ1v) is 7.37. The van der Waals surface area contributed by atoms with Gasteiger partial charge in [0.2, 0.25) is 0 Å². The molecule has 1 heterocycles. The Morgan fingerprint density at radius 1 is 1.19 bits per heavy atom. The van der Waals surface area contributed by atoms with Crippen LogP contribution >= 0.6 is 23.2 Å². The minimum Gasteiger partial charge on any atom is -0.295 e. The van der Waals surface area contributed by atoms with Crippen LogP contribution in [0.3, 0.4) is 0 Å². The van der Waals surface area contributed by atoms with Gasteiger partial charge in [0.15, 0.2) is 0 Å². The van der Waals surface area contributed by atoms with Crippen molar-refractivity contribution in [3.8, 4) is 5.69 Å². The third-order valence-corrected chi connectivity index (χ3v) is 4.01. The third kappa shape index (κ3) is 2.52. The Morgan fingerprint density at radius 3 is 2.62 bits per heavy atom. The largest absolute Gasteiger partial charge is 0.295 e. The lowest BCUT2D eigenvalue weighted by Gasteiger charge is -2.12. The van der Waals surface area contributed by atoms with Crippen molar-refractivity contribution in [1.29, 1.82) is 0 Å². The van der Waals surface area contributed by atoms with Gasteiger partial charge in [0, 0.05) is 16.8 Å². The summed E-state index contributed by atoms with van der Waals surface area (Å²) in [5, 5.41) is 0.347. The molecule has 0 saturated heterocycles. The number of aryl methyl sites for hydroxylation is 1. The zero-order chi connectivity index (χ0) is 15.1. The van der Waals surface area contributed by atoms with Crippen LogP contribution in [0.5, 0.6) is 0 Å². The zero-order valence-corrected chi connectivity index (χ0v) is 13.1. The summed E-state index contributed by atoms with van der Waals surface area (Å²) in [7, 11) is 0. The van der Waals surface area contributed by atoms with Crippen molar-refractivity contribution < 1.29 is 4.39 Å². The number of benzene rings is 2. The van der Waals surface area contributed by atoms with Gasteiger partial charge >= 0.3 is 0 Å². The molecular formula is C16H13Cl2FN2. The molecule has 2 nitrogen and oxygen atoms in total.